The molecule has 0 atom stereocenters. The minimum Gasteiger partial charge on any atom is -0.368 e. The fourth-order valence-electron chi connectivity index (χ4n) is 5.35. The smallest absolute Gasteiger partial charge is 0.199 e. The highest BCUT2D eigenvalue weighted by Gasteiger charge is 2.23. The first kappa shape index (κ1) is 22.2. The van der Waals surface area contributed by atoms with Gasteiger partial charge in [-0.25, -0.2) is 0 Å². The molecular formula is C28H31N5O. The number of fused-ring (bicyclic) bond motifs is 4. The van der Waals surface area contributed by atoms with Gasteiger partial charge in [0.25, 0.3) is 0 Å². The molecule has 0 saturated carbocycles. The van der Waals surface area contributed by atoms with Gasteiger partial charge in [-0.05, 0) is 57.5 Å². The van der Waals surface area contributed by atoms with Gasteiger partial charge in [0.15, 0.2) is 5.43 Å². The minimum absolute atomic E-state index is 0.0112. The lowest BCUT2D eigenvalue weighted by atomic mass is 10.0. The molecule has 1 fully saturated rings. The number of aromatic nitrogens is 2. The van der Waals surface area contributed by atoms with E-state index in [-0.39, 0.29) is 11.5 Å². The van der Waals surface area contributed by atoms with Crippen LogP contribution in [0.5, 0.6) is 0 Å². The second-order valence-corrected chi connectivity index (χ2v) is 9.76. The van der Waals surface area contributed by atoms with E-state index in [1.807, 2.05) is 24.3 Å². The van der Waals surface area contributed by atoms with Crippen LogP contribution in [-0.4, -0.2) is 46.7 Å². The number of benzene rings is 2. The van der Waals surface area contributed by atoms with Crippen LogP contribution in [0.2, 0.25) is 0 Å². The van der Waals surface area contributed by atoms with Crippen molar-refractivity contribution in [1.29, 1.82) is 5.26 Å². The maximum atomic E-state index is 13.8. The van der Waals surface area contributed by atoms with Crippen molar-refractivity contribution in [1.82, 2.24) is 14.5 Å². The highest BCUT2D eigenvalue weighted by atomic mass is 16.1. The minimum atomic E-state index is 0.0112. The third-order valence-corrected chi connectivity index (χ3v) is 7.15. The zero-order chi connectivity index (χ0) is 24.1. The highest BCUT2D eigenvalue weighted by Crippen LogP contribution is 2.33. The number of nitrogens with zero attached hydrogens (tertiary/aromatic N) is 4. The lowest BCUT2D eigenvalue weighted by molar-refractivity contribution is 0.209. The fourth-order valence-corrected chi connectivity index (χ4v) is 5.35. The molecule has 0 radical (unpaired) electrons. The van der Waals surface area contributed by atoms with Gasteiger partial charge in [-0.15, -0.1) is 0 Å². The normalized spacial score (nSPS) is 15.1. The summed E-state index contributed by atoms with van der Waals surface area (Å²) >= 11 is 0. The van der Waals surface area contributed by atoms with Crippen molar-refractivity contribution in [3.05, 3.63) is 58.3 Å². The summed E-state index contributed by atoms with van der Waals surface area (Å²) in [5.74, 6) is 0. The summed E-state index contributed by atoms with van der Waals surface area (Å²) in [6.45, 7) is 16.8. The van der Waals surface area contributed by atoms with E-state index in [0.717, 1.165) is 59.5 Å². The SMILES string of the molecule is C=Cc1cc2c(=O)c3c4ccc(C#N)cc4[nH]c3n(C(C)C)c2cc1N1CCN(C(C)C)CC1. The number of H-pyrrole nitrogens is 1. The Balaban J connectivity index is 1.78. The molecule has 0 spiro atoms. The predicted octanol–water partition coefficient (Wildman–Crippen LogP) is 5.26. The van der Waals surface area contributed by atoms with Crippen LogP contribution < -0.4 is 10.3 Å². The number of aromatic amines is 1. The molecule has 0 aliphatic carbocycles. The van der Waals surface area contributed by atoms with Crippen molar-refractivity contribution >= 4 is 44.6 Å². The lowest BCUT2D eigenvalue weighted by Gasteiger charge is -2.39. The number of hydrogen-bond acceptors (Lipinski definition) is 4. The van der Waals surface area contributed by atoms with E-state index in [1.54, 1.807) is 6.07 Å². The quantitative estimate of drug-likeness (QED) is 0.458. The van der Waals surface area contributed by atoms with Crippen LogP contribution >= 0.6 is 0 Å². The van der Waals surface area contributed by atoms with E-state index in [9.17, 15) is 10.1 Å². The summed E-state index contributed by atoms with van der Waals surface area (Å²) in [4.78, 5) is 22.2. The third kappa shape index (κ3) is 3.39. The second-order valence-electron chi connectivity index (χ2n) is 9.76. The molecule has 34 heavy (non-hydrogen) atoms. The summed E-state index contributed by atoms with van der Waals surface area (Å²) in [7, 11) is 0. The van der Waals surface area contributed by atoms with Gasteiger partial charge in [0.05, 0.1) is 22.5 Å². The van der Waals surface area contributed by atoms with Crippen LogP contribution in [0.25, 0.3) is 38.9 Å². The molecule has 1 aliphatic rings. The van der Waals surface area contributed by atoms with E-state index < -0.39 is 0 Å². The first-order valence-electron chi connectivity index (χ1n) is 12.0. The van der Waals surface area contributed by atoms with Gasteiger partial charge < -0.3 is 14.5 Å². The Labute approximate surface area is 199 Å². The van der Waals surface area contributed by atoms with E-state index in [1.165, 1.54) is 0 Å². The second kappa shape index (κ2) is 8.34. The molecule has 1 aliphatic heterocycles. The highest BCUT2D eigenvalue weighted by molar-refractivity contribution is 6.10. The standard InChI is InChI=1S/C28H31N5O/c1-6-20-14-22-25(15-24(20)32-11-9-31(10-12-32)17(2)3)33(18(4)5)28-26(27(22)34)21-8-7-19(16-29)13-23(21)30-28/h6-8,13-15,17-18,30H,1,9-12H2,2-5H3. The molecule has 1 N–H and O–H groups in total. The number of pyridine rings is 1. The van der Waals surface area contributed by atoms with E-state index in [0.29, 0.717) is 22.4 Å². The molecule has 174 valence electrons. The molecular weight excluding hydrogens is 422 g/mol. The molecule has 1 saturated heterocycles. The number of nitrogens with one attached hydrogen (secondary N) is 1. The summed E-state index contributed by atoms with van der Waals surface area (Å²) in [6.07, 6.45) is 1.86. The van der Waals surface area contributed by atoms with Gasteiger partial charge in [0.2, 0.25) is 0 Å². The zero-order valence-corrected chi connectivity index (χ0v) is 20.4. The monoisotopic (exact) mass is 453 g/mol. The Morgan fingerprint density at radius 1 is 1.03 bits per heavy atom. The van der Waals surface area contributed by atoms with Crippen LogP contribution in [-0.2, 0) is 0 Å². The predicted molar refractivity (Wildman–Crippen MR) is 142 cm³/mol. The Morgan fingerprint density at radius 2 is 1.76 bits per heavy atom. The lowest BCUT2D eigenvalue weighted by Crippen LogP contribution is -2.49. The summed E-state index contributed by atoms with van der Waals surface area (Å²) in [6, 6.07) is 12.5. The molecule has 6 nitrogen and oxygen atoms in total. The summed E-state index contributed by atoms with van der Waals surface area (Å²) in [5, 5.41) is 11.6. The summed E-state index contributed by atoms with van der Waals surface area (Å²) < 4.78 is 2.22. The van der Waals surface area contributed by atoms with Gasteiger partial charge in [0, 0.05) is 60.2 Å². The van der Waals surface area contributed by atoms with Crippen molar-refractivity contribution in [2.45, 2.75) is 39.8 Å². The first-order chi connectivity index (χ1) is 16.3. The molecule has 0 bridgehead atoms. The average molecular weight is 454 g/mol. The maximum Gasteiger partial charge on any atom is 0.199 e. The van der Waals surface area contributed by atoms with Gasteiger partial charge in [-0.1, -0.05) is 18.7 Å². The van der Waals surface area contributed by atoms with Crippen LogP contribution in [0.4, 0.5) is 5.69 Å². The van der Waals surface area contributed by atoms with Crippen molar-refractivity contribution in [2.24, 2.45) is 0 Å². The van der Waals surface area contributed by atoms with Gasteiger partial charge in [-0.3, -0.25) is 9.69 Å². The molecule has 0 unspecified atom stereocenters. The fraction of sp³-hybridized carbons (Fsp3) is 0.357. The molecule has 0 amide bonds. The summed E-state index contributed by atoms with van der Waals surface area (Å²) in [5.41, 5.74) is 5.24. The number of piperazine rings is 1. The Bertz CT molecular complexity index is 1520. The van der Waals surface area contributed by atoms with Crippen molar-refractivity contribution < 1.29 is 0 Å². The van der Waals surface area contributed by atoms with Crippen LogP contribution in [0.1, 0.15) is 44.9 Å². The maximum absolute atomic E-state index is 13.8. The van der Waals surface area contributed by atoms with Crippen LogP contribution in [0, 0.1) is 11.3 Å². The van der Waals surface area contributed by atoms with Crippen LogP contribution in [0.3, 0.4) is 0 Å². The average Bonchev–Trinajstić information content (AvgIpc) is 3.21. The Morgan fingerprint density at radius 3 is 2.38 bits per heavy atom. The molecule has 3 heterocycles. The molecule has 5 rings (SSSR count). The molecule has 2 aromatic carbocycles. The van der Waals surface area contributed by atoms with E-state index >= 15 is 0 Å². The number of anilines is 1. The van der Waals surface area contributed by atoms with Crippen molar-refractivity contribution in [2.75, 3.05) is 31.1 Å². The molecule has 6 heteroatoms. The van der Waals surface area contributed by atoms with Gasteiger partial charge in [-0.2, -0.15) is 5.26 Å². The molecule has 2 aromatic heterocycles. The van der Waals surface area contributed by atoms with Crippen molar-refractivity contribution in [3.63, 3.8) is 0 Å². The van der Waals surface area contributed by atoms with E-state index in [4.69, 9.17) is 0 Å². The number of hydrogen-bond donors (Lipinski definition) is 1. The van der Waals surface area contributed by atoms with Gasteiger partial charge in [0.1, 0.15) is 5.65 Å². The first-order valence-corrected chi connectivity index (χ1v) is 12.0. The van der Waals surface area contributed by atoms with Crippen molar-refractivity contribution in [3.8, 4) is 6.07 Å². The topological polar surface area (TPSA) is 68.1 Å². The Hall–Kier alpha value is -3.56. The van der Waals surface area contributed by atoms with Gasteiger partial charge >= 0.3 is 0 Å². The number of nitriles is 1. The number of rotatable bonds is 4. The third-order valence-electron chi connectivity index (χ3n) is 7.15. The zero-order valence-electron chi connectivity index (χ0n) is 20.4. The van der Waals surface area contributed by atoms with Crippen LogP contribution in [0.15, 0.2) is 41.7 Å². The Kier molecular flexibility index (Phi) is 5.45. The molecule has 4 aromatic rings. The van der Waals surface area contributed by atoms with E-state index in [2.05, 4.69) is 65.8 Å². The largest absolute Gasteiger partial charge is 0.368 e.